The highest BCUT2D eigenvalue weighted by molar-refractivity contribution is 7.52. The van der Waals surface area contributed by atoms with E-state index in [4.69, 9.17) is 27.8 Å². The number of nitrogens with zero attached hydrogens (tertiary/aromatic N) is 1. The van der Waals surface area contributed by atoms with Crippen molar-refractivity contribution in [3.63, 3.8) is 0 Å². The molecule has 1 aromatic carbocycles. The molecule has 0 bridgehead atoms. The van der Waals surface area contributed by atoms with Gasteiger partial charge in [0.25, 0.3) is 13.7 Å². The fraction of sp³-hybridized carbons (Fsp3) is 0.571. The average Bonchev–Trinajstić information content (AvgIpc) is 3.20. The van der Waals surface area contributed by atoms with Crippen LogP contribution in [0.15, 0.2) is 52.2 Å². The minimum Gasteiger partial charge on any atom is -0.462 e. The summed E-state index contributed by atoms with van der Waals surface area (Å²) in [6.45, 7) is 9.51. The second-order valence-electron chi connectivity index (χ2n) is 11.4. The molecule has 47 heavy (non-hydrogen) atoms. The summed E-state index contributed by atoms with van der Waals surface area (Å²) in [4.78, 5) is 51.0. The number of hydrogen-bond acceptors (Lipinski definition) is 12. The van der Waals surface area contributed by atoms with E-state index in [0.717, 1.165) is 23.8 Å². The molecule has 1 saturated heterocycles. The van der Waals surface area contributed by atoms with E-state index in [2.05, 4.69) is 10.2 Å². The number of para-hydroxylation sites is 1. The number of hydrogen-bond donors (Lipinski definition) is 3. The van der Waals surface area contributed by atoms with Crippen LogP contribution < -0.4 is 25.9 Å². The predicted octanol–water partition coefficient (Wildman–Crippen LogP) is 3.00. The number of H-pyrrole nitrogens is 1. The van der Waals surface area contributed by atoms with Crippen LogP contribution >= 0.6 is 15.9 Å². The summed E-state index contributed by atoms with van der Waals surface area (Å²) in [5.41, 5.74) is -4.39. The third-order valence-electron chi connectivity index (χ3n) is 6.49. The Morgan fingerprint density at radius 2 is 1.64 bits per heavy atom. The lowest BCUT2D eigenvalue weighted by molar-refractivity contribution is -0.149. The normalized spacial score (nSPS) is 24.3. The Balaban J connectivity index is 1.92. The standard InChI is InChI=1S/C28H41FN4O12P2/c1-16(2)41-24(35)18(5)31-46(38)44-23-21(43-26(28(23,7)29)33-14-13-22(34)30-27(33)37)15-40-47(39,45-20-11-9-8-10-12-20)32-19(6)25(36)42-17(3)4/h8-14,16-19,21,23,26,46H,15H2,1-7H3,(H,31,38)(H,32,39)(H,30,34,37)/t18-,19-,21+,23+,26+,28+,47?/m0/s1. The second kappa shape index (κ2) is 16.3. The maximum Gasteiger partial charge on any atom is 0.459 e. The number of ether oxygens (including phenoxy) is 3. The van der Waals surface area contributed by atoms with Gasteiger partial charge < -0.3 is 23.3 Å². The van der Waals surface area contributed by atoms with Crippen LogP contribution in [0.25, 0.3) is 0 Å². The number of esters is 2. The van der Waals surface area contributed by atoms with Crippen molar-refractivity contribution in [2.75, 3.05) is 6.61 Å². The zero-order chi connectivity index (χ0) is 35.1. The zero-order valence-corrected chi connectivity index (χ0v) is 28.9. The number of aromatic nitrogens is 2. The molecule has 0 saturated carbocycles. The number of alkyl halides is 1. The van der Waals surface area contributed by atoms with Crippen LogP contribution in [0.3, 0.4) is 0 Å². The van der Waals surface area contributed by atoms with Crippen LogP contribution in [0.2, 0.25) is 0 Å². The molecule has 1 aromatic heterocycles. The highest BCUT2D eigenvalue weighted by Crippen LogP contribution is 2.49. The van der Waals surface area contributed by atoms with Gasteiger partial charge in [0.15, 0.2) is 11.9 Å². The number of aromatic amines is 1. The van der Waals surface area contributed by atoms with E-state index in [1.807, 2.05) is 4.98 Å². The summed E-state index contributed by atoms with van der Waals surface area (Å²) >= 11 is 0. The van der Waals surface area contributed by atoms with Crippen molar-refractivity contribution in [2.24, 2.45) is 0 Å². The number of halogens is 1. The van der Waals surface area contributed by atoms with Gasteiger partial charge in [0.2, 0.25) is 0 Å². The highest BCUT2D eigenvalue weighted by atomic mass is 31.2. The maximum absolute atomic E-state index is 16.6. The number of carbonyl (C=O) groups excluding carboxylic acids is 2. The monoisotopic (exact) mass is 706 g/mol. The van der Waals surface area contributed by atoms with E-state index in [0.29, 0.717) is 0 Å². The van der Waals surface area contributed by atoms with Crippen molar-refractivity contribution in [1.82, 2.24) is 19.7 Å². The topological polar surface area (TPSA) is 203 Å². The molecule has 1 aliphatic heterocycles. The van der Waals surface area contributed by atoms with Gasteiger partial charge in [0.1, 0.15) is 30.0 Å². The molecule has 2 aromatic rings. The molecular weight excluding hydrogens is 665 g/mol. The first-order valence-electron chi connectivity index (χ1n) is 14.7. The van der Waals surface area contributed by atoms with Crippen molar-refractivity contribution in [3.8, 4) is 5.75 Å². The van der Waals surface area contributed by atoms with Crippen molar-refractivity contribution >= 4 is 27.9 Å². The summed E-state index contributed by atoms with van der Waals surface area (Å²) in [5, 5.41) is 4.92. The van der Waals surface area contributed by atoms with Crippen molar-refractivity contribution < 1.29 is 50.9 Å². The Hall–Kier alpha value is -3.17. The van der Waals surface area contributed by atoms with Gasteiger partial charge >= 0.3 is 25.4 Å². The van der Waals surface area contributed by atoms with Crippen molar-refractivity contribution in [1.29, 1.82) is 0 Å². The SMILES string of the molecule is CC(C)OC(=O)[C@H](C)N[PH](=O)O[C@@H]1[C@@H](COP(=O)(N[C@@H](C)C(=O)OC(C)C)Oc2ccccc2)O[C@@H](n2ccc(=O)[nH]c2=O)[C@]1(C)F. The lowest BCUT2D eigenvalue weighted by Crippen LogP contribution is -2.45. The Bertz CT molecular complexity index is 1570. The fourth-order valence-electron chi connectivity index (χ4n) is 4.37. The van der Waals surface area contributed by atoms with E-state index in [-0.39, 0.29) is 5.75 Å². The molecule has 0 spiro atoms. The van der Waals surface area contributed by atoms with E-state index in [1.165, 1.54) is 26.0 Å². The summed E-state index contributed by atoms with van der Waals surface area (Å²) < 4.78 is 77.4. The summed E-state index contributed by atoms with van der Waals surface area (Å²) in [7, 11) is -7.89. The number of benzene rings is 1. The van der Waals surface area contributed by atoms with Gasteiger partial charge in [0.05, 0.1) is 18.8 Å². The molecule has 0 radical (unpaired) electrons. The predicted molar refractivity (Wildman–Crippen MR) is 167 cm³/mol. The third kappa shape index (κ3) is 10.7. The molecular formula is C28H41FN4O12P2. The first-order valence-corrected chi connectivity index (χ1v) is 17.6. The molecule has 1 fully saturated rings. The van der Waals surface area contributed by atoms with Gasteiger partial charge in [-0.15, -0.1) is 0 Å². The van der Waals surface area contributed by atoms with Gasteiger partial charge in [-0.3, -0.25) is 33.0 Å². The molecule has 19 heteroatoms. The first-order chi connectivity index (χ1) is 21.9. The lowest BCUT2D eigenvalue weighted by Gasteiger charge is -2.28. The zero-order valence-electron chi connectivity index (χ0n) is 27.0. The molecule has 16 nitrogen and oxygen atoms in total. The van der Waals surface area contributed by atoms with Gasteiger partial charge in [-0.2, -0.15) is 5.09 Å². The van der Waals surface area contributed by atoms with Gasteiger partial charge in [-0.1, -0.05) is 18.2 Å². The Kier molecular flexibility index (Phi) is 13.3. The van der Waals surface area contributed by atoms with E-state index in [9.17, 15) is 28.3 Å². The Morgan fingerprint density at radius 3 is 2.21 bits per heavy atom. The largest absolute Gasteiger partial charge is 0.462 e. The molecule has 262 valence electrons. The van der Waals surface area contributed by atoms with Crippen molar-refractivity contribution in [2.45, 2.75) is 96.9 Å². The number of rotatable bonds is 16. The molecule has 8 atom stereocenters. The first kappa shape index (κ1) is 38.3. The summed E-state index contributed by atoms with van der Waals surface area (Å²) in [5.74, 6) is -1.40. The van der Waals surface area contributed by atoms with Gasteiger partial charge in [0, 0.05) is 12.3 Å². The van der Waals surface area contributed by atoms with E-state index in [1.54, 1.807) is 45.9 Å². The summed E-state index contributed by atoms with van der Waals surface area (Å²) in [6, 6.07) is 6.50. The molecule has 0 aliphatic carbocycles. The number of carbonyl (C=O) groups is 2. The molecule has 2 unspecified atom stereocenters. The van der Waals surface area contributed by atoms with Crippen LogP contribution in [0.1, 0.15) is 54.7 Å². The van der Waals surface area contributed by atoms with Crippen LogP contribution in [0.5, 0.6) is 5.75 Å². The van der Waals surface area contributed by atoms with Crippen LogP contribution in [-0.4, -0.2) is 70.3 Å². The smallest absolute Gasteiger partial charge is 0.459 e. The fourth-order valence-corrected chi connectivity index (χ4v) is 7.02. The molecule has 3 N–H and O–H groups in total. The Labute approximate surface area is 271 Å². The summed E-state index contributed by atoms with van der Waals surface area (Å²) in [6.07, 6.45) is -4.98. The van der Waals surface area contributed by atoms with E-state index < -0.39 is 94.1 Å². The van der Waals surface area contributed by atoms with Crippen LogP contribution in [0.4, 0.5) is 4.39 Å². The second-order valence-corrected chi connectivity index (χ2v) is 14.2. The quantitative estimate of drug-likeness (QED) is 0.170. The van der Waals surface area contributed by atoms with Crippen molar-refractivity contribution in [3.05, 3.63) is 63.4 Å². The minimum atomic E-state index is -4.48. The van der Waals surface area contributed by atoms with Gasteiger partial charge in [-0.05, 0) is 60.6 Å². The van der Waals surface area contributed by atoms with Crippen LogP contribution in [0, 0.1) is 0 Å². The molecule has 2 heterocycles. The highest BCUT2D eigenvalue weighted by Gasteiger charge is 2.58. The average molecular weight is 707 g/mol. The third-order valence-corrected chi connectivity index (χ3v) is 9.27. The maximum atomic E-state index is 16.6. The lowest BCUT2D eigenvalue weighted by atomic mass is 9.98. The van der Waals surface area contributed by atoms with Gasteiger partial charge in [-0.25, -0.2) is 18.8 Å². The number of nitrogens with one attached hydrogen (secondary N) is 3. The minimum absolute atomic E-state index is 0.0948. The molecule has 0 amide bonds. The molecule has 1 aliphatic rings. The molecule has 3 rings (SSSR count). The van der Waals surface area contributed by atoms with E-state index >= 15 is 4.39 Å². The van der Waals surface area contributed by atoms with Crippen LogP contribution in [-0.2, 0) is 42.0 Å². The Morgan fingerprint density at radius 1 is 1.04 bits per heavy atom.